The summed E-state index contributed by atoms with van der Waals surface area (Å²) in [4.78, 5) is 0. The van der Waals surface area contributed by atoms with Crippen molar-refractivity contribution in [1.82, 2.24) is 10.6 Å². The van der Waals surface area contributed by atoms with Crippen LogP contribution in [0.4, 0.5) is 0 Å². The van der Waals surface area contributed by atoms with Crippen molar-refractivity contribution < 1.29 is 9.47 Å². The van der Waals surface area contributed by atoms with Crippen molar-refractivity contribution in [3.05, 3.63) is 19.3 Å². The summed E-state index contributed by atoms with van der Waals surface area (Å²) >= 11 is 4.53. The molecule has 0 aliphatic heterocycles. The van der Waals surface area contributed by atoms with Gasteiger partial charge in [-0.05, 0) is 57.3 Å². The molecule has 0 spiro atoms. The zero-order valence-electron chi connectivity index (χ0n) is 12.5. The molecule has 0 aromatic heterocycles. The van der Waals surface area contributed by atoms with Crippen LogP contribution in [0.25, 0.3) is 0 Å². The molecule has 1 aromatic carbocycles. The van der Waals surface area contributed by atoms with Crippen LogP contribution in [-0.2, 0) is 0 Å². The first kappa shape index (κ1) is 20.2. The van der Waals surface area contributed by atoms with E-state index in [1.165, 1.54) is 0 Å². The van der Waals surface area contributed by atoms with Gasteiger partial charge in [-0.3, -0.25) is 0 Å². The van der Waals surface area contributed by atoms with Crippen LogP contribution in [0.15, 0.2) is 12.1 Å². The molecule has 0 saturated heterocycles. The second-order valence-electron chi connectivity index (χ2n) is 4.49. The highest BCUT2D eigenvalue weighted by molar-refractivity contribution is 14.1. The molecule has 0 saturated carbocycles. The average molecular weight is 534 g/mol. The summed E-state index contributed by atoms with van der Waals surface area (Å²) in [6, 6.07) is 4.02. The van der Waals surface area contributed by atoms with Gasteiger partial charge in [-0.2, -0.15) is 0 Å². The van der Waals surface area contributed by atoms with Crippen LogP contribution in [0.3, 0.4) is 0 Å². The minimum Gasteiger partial charge on any atom is -0.491 e. The van der Waals surface area contributed by atoms with Crippen LogP contribution >= 0.6 is 45.2 Å². The zero-order valence-corrected chi connectivity index (χ0v) is 16.9. The Bertz CT molecular complexity index is 396. The van der Waals surface area contributed by atoms with E-state index in [1.807, 2.05) is 12.1 Å². The van der Waals surface area contributed by atoms with Gasteiger partial charge in [0.2, 0.25) is 0 Å². The van der Waals surface area contributed by atoms with E-state index in [1.54, 1.807) is 0 Å². The minimum absolute atomic E-state index is 0.620. The summed E-state index contributed by atoms with van der Waals surface area (Å²) < 4.78 is 13.6. The smallest absolute Gasteiger partial charge is 0.134 e. The first-order valence-corrected chi connectivity index (χ1v) is 9.41. The fourth-order valence-corrected chi connectivity index (χ4v) is 2.84. The summed E-state index contributed by atoms with van der Waals surface area (Å²) in [5.41, 5.74) is 10.8. The molecule has 6 N–H and O–H groups in total. The van der Waals surface area contributed by atoms with Crippen molar-refractivity contribution in [2.75, 3.05) is 52.5 Å². The Morgan fingerprint density at radius 3 is 1.55 bits per heavy atom. The van der Waals surface area contributed by atoms with Crippen molar-refractivity contribution >= 4 is 45.2 Å². The molecule has 1 rings (SSSR count). The van der Waals surface area contributed by atoms with E-state index in [9.17, 15) is 0 Å². The molecule has 6 nitrogen and oxygen atoms in total. The van der Waals surface area contributed by atoms with Gasteiger partial charge < -0.3 is 31.6 Å². The molecule has 0 unspecified atom stereocenters. The molecule has 8 heteroatoms. The summed E-state index contributed by atoms with van der Waals surface area (Å²) in [6.45, 7) is 5.71. The highest BCUT2D eigenvalue weighted by Gasteiger charge is 2.09. The van der Waals surface area contributed by atoms with Gasteiger partial charge in [0.05, 0.1) is 7.14 Å². The molecule has 0 bridgehead atoms. The predicted molar refractivity (Wildman–Crippen MR) is 107 cm³/mol. The Morgan fingerprint density at radius 2 is 1.18 bits per heavy atom. The largest absolute Gasteiger partial charge is 0.491 e. The lowest BCUT2D eigenvalue weighted by molar-refractivity contribution is 0.303. The molecule has 0 aliphatic carbocycles. The van der Waals surface area contributed by atoms with E-state index in [4.69, 9.17) is 20.9 Å². The first-order valence-electron chi connectivity index (χ1n) is 7.25. The van der Waals surface area contributed by atoms with Crippen molar-refractivity contribution in [3.63, 3.8) is 0 Å². The quantitative estimate of drug-likeness (QED) is 0.234. The van der Waals surface area contributed by atoms with E-state index < -0.39 is 0 Å². The molecule has 1 aromatic rings. The van der Waals surface area contributed by atoms with E-state index in [2.05, 4.69) is 55.8 Å². The van der Waals surface area contributed by atoms with Crippen molar-refractivity contribution in [2.24, 2.45) is 11.5 Å². The third kappa shape index (κ3) is 8.11. The Kier molecular flexibility index (Phi) is 11.5. The molecule has 0 radical (unpaired) electrons. The maximum Gasteiger partial charge on any atom is 0.134 e. The van der Waals surface area contributed by atoms with Crippen LogP contribution in [0.1, 0.15) is 0 Å². The minimum atomic E-state index is 0.620. The molecular formula is C14H24I2N4O2. The number of nitrogens with two attached hydrogens (primary N) is 2. The van der Waals surface area contributed by atoms with Gasteiger partial charge in [0, 0.05) is 39.3 Å². The van der Waals surface area contributed by atoms with E-state index in [0.717, 1.165) is 44.8 Å². The van der Waals surface area contributed by atoms with Gasteiger partial charge in [0.15, 0.2) is 0 Å². The second-order valence-corrected chi connectivity index (χ2v) is 6.81. The van der Waals surface area contributed by atoms with Gasteiger partial charge in [-0.25, -0.2) is 0 Å². The van der Waals surface area contributed by atoms with E-state index >= 15 is 0 Å². The zero-order chi connectivity index (χ0) is 16.2. The Labute approximate surface area is 159 Å². The fraction of sp³-hybridized carbons (Fsp3) is 0.571. The third-order valence-corrected chi connectivity index (χ3v) is 4.39. The summed E-state index contributed by atoms with van der Waals surface area (Å²) in [6.07, 6.45) is 0. The number of hydrogen-bond acceptors (Lipinski definition) is 6. The third-order valence-electron chi connectivity index (χ3n) is 2.70. The lowest BCUT2D eigenvalue weighted by Gasteiger charge is -2.13. The van der Waals surface area contributed by atoms with Gasteiger partial charge in [-0.1, -0.05) is 0 Å². The van der Waals surface area contributed by atoms with Crippen LogP contribution in [0.5, 0.6) is 11.5 Å². The SMILES string of the molecule is NCCNCCOc1cc(I)c(OCCNCCN)cc1I. The lowest BCUT2D eigenvalue weighted by atomic mass is 10.3. The van der Waals surface area contributed by atoms with Gasteiger partial charge >= 0.3 is 0 Å². The van der Waals surface area contributed by atoms with Gasteiger partial charge in [0.25, 0.3) is 0 Å². The maximum absolute atomic E-state index is 5.78. The lowest BCUT2D eigenvalue weighted by Crippen LogP contribution is -2.27. The standard InChI is InChI=1S/C14H24I2N4O2/c15-11-10-14(22-8-6-20-4-2-18)12(16)9-13(11)21-7-5-19-3-1-17/h9-10,19-20H,1-8,17-18H2. The number of nitrogens with one attached hydrogen (secondary N) is 2. The van der Waals surface area contributed by atoms with E-state index in [0.29, 0.717) is 26.3 Å². The number of ether oxygens (including phenoxy) is 2. The predicted octanol–water partition coefficient (Wildman–Crippen LogP) is 0.750. The van der Waals surface area contributed by atoms with Crippen molar-refractivity contribution in [1.29, 1.82) is 0 Å². The average Bonchev–Trinajstić information content (AvgIpc) is 2.51. The highest BCUT2D eigenvalue weighted by atomic mass is 127. The number of hydrogen-bond donors (Lipinski definition) is 4. The molecular weight excluding hydrogens is 510 g/mol. The maximum atomic E-state index is 5.78. The first-order chi connectivity index (χ1) is 10.7. The Hall–Kier alpha value is 0.120. The number of benzene rings is 1. The summed E-state index contributed by atoms with van der Waals surface area (Å²) in [7, 11) is 0. The highest BCUT2D eigenvalue weighted by Crippen LogP contribution is 2.31. The van der Waals surface area contributed by atoms with Crippen LogP contribution in [-0.4, -0.2) is 52.5 Å². The second kappa shape index (κ2) is 12.5. The summed E-state index contributed by atoms with van der Waals surface area (Å²) in [5, 5.41) is 6.40. The number of rotatable bonds is 12. The molecule has 0 heterocycles. The van der Waals surface area contributed by atoms with E-state index in [-0.39, 0.29) is 0 Å². The van der Waals surface area contributed by atoms with Crippen molar-refractivity contribution in [3.8, 4) is 11.5 Å². The Morgan fingerprint density at radius 1 is 0.773 bits per heavy atom. The van der Waals surface area contributed by atoms with Gasteiger partial charge in [0.1, 0.15) is 24.7 Å². The van der Waals surface area contributed by atoms with Crippen LogP contribution in [0, 0.1) is 7.14 Å². The van der Waals surface area contributed by atoms with Crippen LogP contribution in [0.2, 0.25) is 0 Å². The Balaban J connectivity index is 2.42. The molecule has 0 atom stereocenters. The molecule has 0 fully saturated rings. The van der Waals surface area contributed by atoms with Crippen molar-refractivity contribution in [2.45, 2.75) is 0 Å². The topological polar surface area (TPSA) is 94.6 Å². The molecule has 22 heavy (non-hydrogen) atoms. The molecule has 0 amide bonds. The normalized spacial score (nSPS) is 10.7. The fourth-order valence-electron chi connectivity index (χ4n) is 1.65. The van der Waals surface area contributed by atoms with Crippen LogP contribution < -0.4 is 31.6 Å². The monoisotopic (exact) mass is 534 g/mol. The molecule has 0 aliphatic rings. The number of halogens is 2. The summed E-state index contributed by atoms with van der Waals surface area (Å²) in [5.74, 6) is 1.77. The van der Waals surface area contributed by atoms with Gasteiger partial charge in [-0.15, -0.1) is 0 Å². The molecule has 126 valence electrons.